The number of methoxy groups -OCH3 is 3. The molecule has 2 aromatic rings. The summed E-state index contributed by atoms with van der Waals surface area (Å²) in [4.78, 5) is 23.1. The van der Waals surface area contributed by atoms with Gasteiger partial charge in [0, 0.05) is 37.0 Å². The van der Waals surface area contributed by atoms with Crippen LogP contribution in [0, 0.1) is 0 Å². The standard InChI is InChI=1S/C18H22N4O4/c1-24-14-8-12(9-15(25-2)17(14)26-3)21-18(23)13-10-16(20-11-19-13)22-6-4-5-7-22/h8-11H,4-7H2,1-3H3,(H,21,23). The zero-order valence-electron chi connectivity index (χ0n) is 15.1. The molecule has 8 nitrogen and oxygen atoms in total. The van der Waals surface area contributed by atoms with Crippen LogP contribution in [-0.4, -0.2) is 50.3 Å². The number of hydrogen-bond donors (Lipinski definition) is 1. The predicted molar refractivity (Wildman–Crippen MR) is 97.5 cm³/mol. The Bertz CT molecular complexity index is 766. The van der Waals surface area contributed by atoms with Crippen molar-refractivity contribution in [1.29, 1.82) is 0 Å². The molecule has 1 aromatic carbocycles. The highest BCUT2D eigenvalue weighted by Gasteiger charge is 2.18. The maximum atomic E-state index is 12.6. The lowest BCUT2D eigenvalue weighted by Gasteiger charge is -2.17. The SMILES string of the molecule is COc1cc(NC(=O)c2cc(N3CCCC3)ncn2)cc(OC)c1OC. The largest absolute Gasteiger partial charge is 0.493 e. The Morgan fingerprint density at radius 3 is 2.23 bits per heavy atom. The highest BCUT2D eigenvalue weighted by Crippen LogP contribution is 2.40. The normalized spacial score (nSPS) is 13.4. The summed E-state index contributed by atoms with van der Waals surface area (Å²) in [6.45, 7) is 1.90. The number of ether oxygens (including phenoxy) is 3. The molecule has 0 atom stereocenters. The van der Waals surface area contributed by atoms with E-state index in [4.69, 9.17) is 14.2 Å². The van der Waals surface area contributed by atoms with Crippen molar-refractivity contribution >= 4 is 17.4 Å². The molecule has 2 heterocycles. The van der Waals surface area contributed by atoms with E-state index in [1.165, 1.54) is 27.7 Å². The molecular formula is C18H22N4O4. The molecule has 0 radical (unpaired) electrons. The zero-order chi connectivity index (χ0) is 18.5. The molecule has 1 amide bonds. The fraction of sp³-hybridized carbons (Fsp3) is 0.389. The molecule has 26 heavy (non-hydrogen) atoms. The van der Waals surface area contributed by atoms with E-state index in [9.17, 15) is 4.79 Å². The molecule has 0 saturated carbocycles. The summed E-state index contributed by atoms with van der Waals surface area (Å²) < 4.78 is 15.9. The van der Waals surface area contributed by atoms with Crippen LogP contribution in [0.25, 0.3) is 0 Å². The van der Waals surface area contributed by atoms with E-state index < -0.39 is 0 Å². The Kier molecular flexibility index (Phi) is 5.40. The monoisotopic (exact) mass is 358 g/mol. The summed E-state index contributed by atoms with van der Waals surface area (Å²) in [7, 11) is 4.57. The Labute approximate surface area is 152 Å². The summed E-state index contributed by atoms with van der Waals surface area (Å²) in [6, 6.07) is 5.04. The number of nitrogens with zero attached hydrogens (tertiary/aromatic N) is 3. The van der Waals surface area contributed by atoms with Crippen LogP contribution in [0.1, 0.15) is 23.3 Å². The molecule has 138 valence electrons. The molecule has 1 saturated heterocycles. The second kappa shape index (κ2) is 7.90. The van der Waals surface area contributed by atoms with Gasteiger partial charge in [-0.1, -0.05) is 0 Å². The van der Waals surface area contributed by atoms with E-state index in [0.717, 1.165) is 31.7 Å². The molecule has 3 rings (SSSR count). The summed E-state index contributed by atoms with van der Waals surface area (Å²) in [6.07, 6.45) is 3.69. The van der Waals surface area contributed by atoms with Gasteiger partial charge in [-0.2, -0.15) is 0 Å². The second-order valence-corrected chi connectivity index (χ2v) is 5.82. The van der Waals surface area contributed by atoms with Gasteiger partial charge in [-0.3, -0.25) is 4.79 Å². The highest BCUT2D eigenvalue weighted by molar-refractivity contribution is 6.03. The first-order chi connectivity index (χ1) is 12.7. The fourth-order valence-corrected chi connectivity index (χ4v) is 2.94. The number of amides is 1. The van der Waals surface area contributed by atoms with Gasteiger partial charge >= 0.3 is 0 Å². The van der Waals surface area contributed by atoms with Crippen LogP contribution < -0.4 is 24.4 Å². The van der Waals surface area contributed by atoms with Crippen LogP contribution >= 0.6 is 0 Å². The maximum Gasteiger partial charge on any atom is 0.274 e. The first-order valence-corrected chi connectivity index (χ1v) is 8.34. The topological polar surface area (TPSA) is 85.8 Å². The van der Waals surface area contributed by atoms with Crippen molar-refractivity contribution in [1.82, 2.24) is 9.97 Å². The van der Waals surface area contributed by atoms with E-state index in [0.29, 0.717) is 28.6 Å². The molecule has 0 unspecified atom stereocenters. The molecule has 0 bridgehead atoms. The minimum absolute atomic E-state index is 0.302. The predicted octanol–water partition coefficient (Wildman–Crippen LogP) is 2.35. The second-order valence-electron chi connectivity index (χ2n) is 5.82. The van der Waals surface area contributed by atoms with Crippen molar-refractivity contribution in [3.05, 3.63) is 30.2 Å². The lowest BCUT2D eigenvalue weighted by atomic mass is 10.2. The van der Waals surface area contributed by atoms with Crippen LogP contribution in [-0.2, 0) is 0 Å². The van der Waals surface area contributed by atoms with Crippen LogP contribution in [0.15, 0.2) is 24.5 Å². The van der Waals surface area contributed by atoms with Gasteiger partial charge in [0.2, 0.25) is 5.75 Å². The highest BCUT2D eigenvalue weighted by atomic mass is 16.5. The molecular weight excluding hydrogens is 336 g/mol. The number of rotatable bonds is 6. The van der Waals surface area contributed by atoms with E-state index >= 15 is 0 Å². The lowest BCUT2D eigenvalue weighted by Crippen LogP contribution is -2.21. The Morgan fingerprint density at radius 2 is 1.65 bits per heavy atom. The third kappa shape index (κ3) is 3.63. The summed E-state index contributed by atoms with van der Waals surface area (Å²) in [5.41, 5.74) is 0.821. The molecule has 1 N–H and O–H groups in total. The van der Waals surface area contributed by atoms with Crippen molar-refractivity contribution in [2.75, 3.05) is 44.6 Å². The first kappa shape index (κ1) is 17.8. The van der Waals surface area contributed by atoms with Crippen molar-refractivity contribution in [2.45, 2.75) is 12.8 Å². The quantitative estimate of drug-likeness (QED) is 0.848. The van der Waals surface area contributed by atoms with Gasteiger partial charge in [0.1, 0.15) is 17.8 Å². The number of hydrogen-bond acceptors (Lipinski definition) is 7. The van der Waals surface area contributed by atoms with E-state index in [1.54, 1.807) is 18.2 Å². The van der Waals surface area contributed by atoms with Crippen molar-refractivity contribution in [2.24, 2.45) is 0 Å². The number of anilines is 2. The van der Waals surface area contributed by atoms with Crippen LogP contribution in [0.2, 0.25) is 0 Å². The Hall–Kier alpha value is -3.03. The molecule has 0 aliphatic carbocycles. The van der Waals surface area contributed by atoms with Crippen LogP contribution in [0.4, 0.5) is 11.5 Å². The van der Waals surface area contributed by atoms with Gasteiger partial charge in [0.25, 0.3) is 5.91 Å². The van der Waals surface area contributed by atoms with Crippen molar-refractivity contribution < 1.29 is 19.0 Å². The van der Waals surface area contributed by atoms with Crippen molar-refractivity contribution in [3.63, 3.8) is 0 Å². The minimum Gasteiger partial charge on any atom is -0.493 e. The van der Waals surface area contributed by atoms with Gasteiger partial charge in [-0.05, 0) is 12.8 Å². The van der Waals surface area contributed by atoms with Crippen molar-refractivity contribution in [3.8, 4) is 17.2 Å². The molecule has 8 heteroatoms. The van der Waals surface area contributed by atoms with Crippen LogP contribution in [0.5, 0.6) is 17.2 Å². The number of carbonyl (C=O) groups is 1. The van der Waals surface area contributed by atoms with Gasteiger partial charge in [0.15, 0.2) is 11.5 Å². The lowest BCUT2D eigenvalue weighted by molar-refractivity contribution is 0.102. The van der Waals surface area contributed by atoms with Gasteiger partial charge in [0.05, 0.1) is 21.3 Å². The maximum absolute atomic E-state index is 12.6. The third-order valence-corrected chi connectivity index (χ3v) is 4.24. The van der Waals surface area contributed by atoms with Gasteiger partial charge < -0.3 is 24.4 Å². The summed E-state index contributed by atoms with van der Waals surface area (Å²) >= 11 is 0. The number of aromatic nitrogens is 2. The van der Waals surface area contributed by atoms with E-state index in [1.807, 2.05) is 0 Å². The molecule has 0 spiro atoms. The molecule has 1 aromatic heterocycles. The first-order valence-electron chi connectivity index (χ1n) is 8.34. The average Bonchev–Trinajstić information content (AvgIpc) is 3.22. The Balaban J connectivity index is 1.82. The number of nitrogens with one attached hydrogen (secondary N) is 1. The third-order valence-electron chi connectivity index (χ3n) is 4.24. The fourth-order valence-electron chi connectivity index (χ4n) is 2.94. The zero-order valence-corrected chi connectivity index (χ0v) is 15.1. The smallest absolute Gasteiger partial charge is 0.274 e. The summed E-state index contributed by atoms with van der Waals surface area (Å²) in [5, 5.41) is 2.81. The molecule has 1 aliphatic rings. The van der Waals surface area contributed by atoms with E-state index in [2.05, 4.69) is 20.2 Å². The number of carbonyl (C=O) groups excluding carboxylic acids is 1. The Morgan fingerprint density at radius 1 is 1.00 bits per heavy atom. The average molecular weight is 358 g/mol. The van der Waals surface area contributed by atoms with E-state index in [-0.39, 0.29) is 5.91 Å². The minimum atomic E-state index is -0.331. The molecule has 1 fully saturated rings. The van der Waals surface area contributed by atoms with Gasteiger partial charge in [-0.15, -0.1) is 0 Å². The van der Waals surface area contributed by atoms with Crippen LogP contribution in [0.3, 0.4) is 0 Å². The summed E-state index contributed by atoms with van der Waals surface area (Å²) in [5.74, 6) is 1.83. The van der Waals surface area contributed by atoms with Gasteiger partial charge in [-0.25, -0.2) is 9.97 Å². The molecule has 1 aliphatic heterocycles. The number of benzene rings is 1.